The lowest BCUT2D eigenvalue weighted by Gasteiger charge is -2.49. The molecule has 8 heteroatoms. The van der Waals surface area contributed by atoms with E-state index in [2.05, 4.69) is 22.4 Å². The number of carbonyl (C=O) groups is 2. The van der Waals surface area contributed by atoms with Gasteiger partial charge in [0.2, 0.25) is 5.91 Å². The number of benzene rings is 2. The summed E-state index contributed by atoms with van der Waals surface area (Å²) in [5.74, 6) is 0.742. The van der Waals surface area contributed by atoms with Crippen molar-refractivity contribution in [3.63, 3.8) is 0 Å². The Morgan fingerprint density at radius 2 is 1.67 bits per heavy atom. The normalized spacial score (nSPS) is 25.3. The summed E-state index contributed by atoms with van der Waals surface area (Å²) in [5, 5.41) is 13.2. The highest BCUT2D eigenvalue weighted by Crippen LogP contribution is 2.46. The average molecular weight is 571 g/mol. The topological polar surface area (TPSA) is 118 Å². The summed E-state index contributed by atoms with van der Waals surface area (Å²) in [4.78, 5) is 31.4. The van der Waals surface area contributed by atoms with Crippen molar-refractivity contribution >= 4 is 17.8 Å². The number of carbonyl (C=O) groups excluding carboxylic acids is 2. The predicted molar refractivity (Wildman–Crippen MR) is 165 cm³/mol. The van der Waals surface area contributed by atoms with Crippen LogP contribution in [0.25, 0.3) is 22.3 Å². The Kier molecular flexibility index (Phi) is 8.66. The van der Waals surface area contributed by atoms with E-state index in [1.54, 1.807) is 11.9 Å². The number of pyridine rings is 1. The molecule has 1 aromatic heterocycles. The van der Waals surface area contributed by atoms with Crippen molar-refractivity contribution in [2.45, 2.75) is 76.0 Å². The summed E-state index contributed by atoms with van der Waals surface area (Å²) >= 11 is 0. The molecule has 1 heterocycles. The maximum atomic E-state index is 13.0. The van der Waals surface area contributed by atoms with Gasteiger partial charge in [-0.25, -0.2) is 9.78 Å². The first-order valence-corrected chi connectivity index (χ1v) is 14.9. The lowest BCUT2D eigenvalue weighted by molar-refractivity contribution is -0.117. The first-order chi connectivity index (χ1) is 20.1. The standard InChI is InChI=1S/C34H42N4O4/c1-4-42-32(40)38(3)27-16-10-23(11-17-27)18-31(39)37-30-19-28(24-8-6-5-7-9-24)29(20-36-30)25-12-14-26(15-13-25)34(35)21-33(2,41)22-34/h5-9,12-15,19-20,23,27,41H,4,10-11,16-18,21-22,35H2,1-3H3,(H,36,37,39). The minimum Gasteiger partial charge on any atom is -0.450 e. The first kappa shape index (κ1) is 29.7. The van der Waals surface area contributed by atoms with Gasteiger partial charge in [-0.05, 0) is 86.6 Å². The smallest absolute Gasteiger partial charge is 0.409 e. The van der Waals surface area contributed by atoms with E-state index in [0.717, 1.165) is 53.5 Å². The van der Waals surface area contributed by atoms with Gasteiger partial charge in [0.25, 0.3) is 0 Å². The van der Waals surface area contributed by atoms with Crippen LogP contribution in [0, 0.1) is 5.92 Å². The third kappa shape index (κ3) is 6.66. The van der Waals surface area contributed by atoms with Crippen molar-refractivity contribution in [1.82, 2.24) is 9.88 Å². The van der Waals surface area contributed by atoms with E-state index in [-0.39, 0.29) is 24.0 Å². The third-order valence-corrected chi connectivity index (χ3v) is 8.81. The Labute approximate surface area is 248 Å². The number of hydrogen-bond acceptors (Lipinski definition) is 6. The molecule has 0 radical (unpaired) electrons. The van der Waals surface area contributed by atoms with E-state index < -0.39 is 11.1 Å². The number of ether oxygens (including phenoxy) is 1. The van der Waals surface area contributed by atoms with Gasteiger partial charge in [-0.15, -0.1) is 0 Å². The molecule has 8 nitrogen and oxygen atoms in total. The molecule has 0 bridgehead atoms. The molecule has 2 aliphatic carbocycles. The fraction of sp³-hybridized carbons (Fsp3) is 0.441. The fourth-order valence-electron chi connectivity index (χ4n) is 6.67. The number of amides is 2. The van der Waals surface area contributed by atoms with Crippen LogP contribution in [0.1, 0.15) is 64.4 Å². The Morgan fingerprint density at radius 3 is 2.29 bits per heavy atom. The molecule has 2 fully saturated rings. The van der Waals surface area contributed by atoms with E-state index in [1.807, 2.05) is 68.6 Å². The number of nitrogens with zero attached hydrogens (tertiary/aromatic N) is 2. The highest BCUT2D eigenvalue weighted by molar-refractivity contribution is 5.92. The van der Waals surface area contributed by atoms with Crippen LogP contribution in [0.2, 0.25) is 0 Å². The van der Waals surface area contributed by atoms with Gasteiger partial charge < -0.3 is 25.8 Å². The van der Waals surface area contributed by atoms with Gasteiger partial charge in [-0.2, -0.15) is 0 Å². The second-order valence-electron chi connectivity index (χ2n) is 12.3. The van der Waals surface area contributed by atoms with E-state index in [1.165, 1.54) is 0 Å². The second-order valence-corrected chi connectivity index (χ2v) is 12.3. The molecule has 2 amide bonds. The number of nitrogens with two attached hydrogens (primary N) is 1. The molecule has 3 aromatic rings. The number of rotatable bonds is 8. The molecule has 0 atom stereocenters. The number of aromatic nitrogens is 1. The molecule has 2 saturated carbocycles. The van der Waals surface area contributed by atoms with Crippen molar-refractivity contribution < 1.29 is 19.4 Å². The zero-order valence-electron chi connectivity index (χ0n) is 24.8. The monoisotopic (exact) mass is 570 g/mol. The molecule has 2 aromatic carbocycles. The molecule has 222 valence electrons. The van der Waals surface area contributed by atoms with Crippen LogP contribution in [0.4, 0.5) is 10.6 Å². The van der Waals surface area contributed by atoms with E-state index in [0.29, 0.717) is 31.7 Å². The number of hydrogen-bond donors (Lipinski definition) is 3. The summed E-state index contributed by atoms with van der Waals surface area (Å²) in [6, 6.07) is 20.3. The van der Waals surface area contributed by atoms with Gasteiger partial charge in [0, 0.05) is 36.8 Å². The first-order valence-electron chi connectivity index (χ1n) is 14.9. The summed E-state index contributed by atoms with van der Waals surface area (Å²) < 4.78 is 5.13. The summed E-state index contributed by atoms with van der Waals surface area (Å²) in [7, 11) is 1.79. The minimum atomic E-state index is -0.710. The van der Waals surface area contributed by atoms with Gasteiger partial charge in [0.1, 0.15) is 5.82 Å². The Hall–Kier alpha value is -3.75. The molecule has 5 rings (SSSR count). The third-order valence-electron chi connectivity index (χ3n) is 8.81. The highest BCUT2D eigenvalue weighted by atomic mass is 16.6. The molecule has 0 saturated heterocycles. The van der Waals surface area contributed by atoms with Gasteiger partial charge in [-0.3, -0.25) is 4.79 Å². The lowest BCUT2D eigenvalue weighted by Crippen LogP contribution is -2.58. The molecule has 0 spiro atoms. The van der Waals surface area contributed by atoms with Crippen molar-refractivity contribution in [3.8, 4) is 22.3 Å². The summed E-state index contributed by atoms with van der Waals surface area (Å²) in [6.45, 7) is 4.00. The lowest BCUT2D eigenvalue weighted by atomic mass is 9.63. The molecule has 0 aliphatic heterocycles. The van der Waals surface area contributed by atoms with Crippen LogP contribution in [-0.4, -0.2) is 52.3 Å². The van der Waals surface area contributed by atoms with E-state index in [9.17, 15) is 14.7 Å². The van der Waals surface area contributed by atoms with Gasteiger partial charge in [0.05, 0.1) is 12.2 Å². The van der Waals surface area contributed by atoms with Crippen LogP contribution < -0.4 is 11.1 Å². The van der Waals surface area contributed by atoms with Crippen molar-refractivity contribution in [2.75, 3.05) is 19.0 Å². The zero-order chi connectivity index (χ0) is 29.9. The maximum absolute atomic E-state index is 13.0. The number of aliphatic hydroxyl groups is 1. The molecular weight excluding hydrogens is 528 g/mol. The largest absolute Gasteiger partial charge is 0.450 e. The van der Waals surface area contributed by atoms with Crippen LogP contribution >= 0.6 is 0 Å². The fourth-order valence-corrected chi connectivity index (χ4v) is 6.67. The summed E-state index contributed by atoms with van der Waals surface area (Å²) in [6.07, 6.45) is 6.54. The molecule has 4 N–H and O–H groups in total. The van der Waals surface area contributed by atoms with Crippen molar-refractivity contribution in [3.05, 3.63) is 72.4 Å². The number of anilines is 1. The van der Waals surface area contributed by atoms with Crippen molar-refractivity contribution in [2.24, 2.45) is 11.7 Å². The molecular formula is C34H42N4O4. The Morgan fingerprint density at radius 1 is 1.02 bits per heavy atom. The van der Waals surface area contributed by atoms with Crippen molar-refractivity contribution in [1.29, 1.82) is 0 Å². The zero-order valence-corrected chi connectivity index (χ0v) is 24.8. The second kappa shape index (κ2) is 12.2. The average Bonchev–Trinajstić information content (AvgIpc) is 2.97. The highest BCUT2D eigenvalue weighted by Gasteiger charge is 2.49. The van der Waals surface area contributed by atoms with Gasteiger partial charge >= 0.3 is 6.09 Å². The molecule has 0 unspecified atom stereocenters. The molecule has 42 heavy (non-hydrogen) atoms. The maximum Gasteiger partial charge on any atom is 0.409 e. The SMILES string of the molecule is CCOC(=O)N(C)C1CCC(CC(=O)Nc2cc(-c3ccccc3)c(-c3ccc(C4(N)CC(C)(O)C4)cc3)cn2)CC1. The quantitative estimate of drug-likeness (QED) is 0.302. The molecule has 2 aliphatic rings. The number of nitrogens with one attached hydrogen (secondary N) is 1. The predicted octanol–water partition coefficient (Wildman–Crippen LogP) is 6.09. The van der Waals surface area contributed by atoms with Gasteiger partial charge in [-0.1, -0.05) is 54.6 Å². The van der Waals surface area contributed by atoms with Crippen LogP contribution in [0.15, 0.2) is 66.9 Å². The minimum absolute atomic E-state index is 0.0505. The van der Waals surface area contributed by atoms with Crippen LogP contribution in [0.5, 0.6) is 0 Å². The van der Waals surface area contributed by atoms with Crippen LogP contribution in [0.3, 0.4) is 0 Å². The van der Waals surface area contributed by atoms with Gasteiger partial charge in [0.15, 0.2) is 0 Å². The van der Waals surface area contributed by atoms with E-state index >= 15 is 0 Å². The Bertz CT molecular complexity index is 1390. The summed E-state index contributed by atoms with van der Waals surface area (Å²) in [5.41, 5.74) is 10.3. The Balaban J connectivity index is 1.27. The van der Waals surface area contributed by atoms with E-state index in [4.69, 9.17) is 10.5 Å². The van der Waals surface area contributed by atoms with Crippen LogP contribution in [-0.2, 0) is 15.1 Å².